The monoisotopic (exact) mass is 277 g/mol. The van der Waals surface area contributed by atoms with Crippen LogP contribution in [0.15, 0.2) is 24.3 Å². The Hall–Kier alpha value is -0.900. The molecule has 0 amide bonds. The molecule has 2 unspecified atom stereocenters. The lowest BCUT2D eigenvalue weighted by atomic mass is 9.86. The summed E-state index contributed by atoms with van der Waals surface area (Å²) in [4.78, 5) is 0. The highest BCUT2D eigenvalue weighted by molar-refractivity contribution is 5.29. The average Bonchev–Trinajstić information content (AvgIpc) is 2.91. The molecular weight excluding hydrogens is 250 g/mol. The minimum absolute atomic E-state index is 0.0497. The molecule has 112 valence electrons. The van der Waals surface area contributed by atoms with Crippen molar-refractivity contribution in [3.05, 3.63) is 35.4 Å². The Kier molecular flexibility index (Phi) is 5.19. The minimum atomic E-state index is -0.0497. The van der Waals surface area contributed by atoms with E-state index in [1.807, 2.05) is 0 Å². The van der Waals surface area contributed by atoms with Crippen LogP contribution >= 0.6 is 0 Å². The maximum absolute atomic E-state index is 6.18. The molecule has 0 aromatic heterocycles. The van der Waals surface area contributed by atoms with E-state index >= 15 is 0 Å². The molecule has 0 radical (unpaired) electrons. The van der Waals surface area contributed by atoms with Gasteiger partial charge in [-0.1, -0.05) is 45.0 Å². The van der Waals surface area contributed by atoms with Crippen molar-refractivity contribution in [3.63, 3.8) is 0 Å². The third-order valence-corrected chi connectivity index (χ3v) is 3.88. The summed E-state index contributed by atoms with van der Waals surface area (Å²) in [5.41, 5.74) is 8.84. The highest BCUT2D eigenvalue weighted by atomic mass is 16.5. The standard InChI is InChI=1S/C17H27NO2/c1-17(2,3)15-6-4-14(5-7-15)16(18)12-20-11-13-8-9-19-10-13/h4-7,13,16H,8-12,18H2,1-3H3. The lowest BCUT2D eigenvalue weighted by Crippen LogP contribution is -2.20. The van der Waals surface area contributed by atoms with Gasteiger partial charge >= 0.3 is 0 Å². The van der Waals surface area contributed by atoms with Gasteiger partial charge in [0.05, 0.1) is 25.9 Å². The van der Waals surface area contributed by atoms with Crippen LogP contribution in [-0.2, 0) is 14.9 Å². The van der Waals surface area contributed by atoms with E-state index < -0.39 is 0 Å². The lowest BCUT2D eigenvalue weighted by Gasteiger charge is -2.20. The topological polar surface area (TPSA) is 44.5 Å². The summed E-state index contributed by atoms with van der Waals surface area (Å²) in [6.45, 7) is 9.68. The maximum atomic E-state index is 6.18. The highest BCUT2D eigenvalue weighted by Crippen LogP contribution is 2.23. The van der Waals surface area contributed by atoms with Crippen LogP contribution in [-0.4, -0.2) is 26.4 Å². The first-order valence-corrected chi connectivity index (χ1v) is 7.48. The smallest absolute Gasteiger partial charge is 0.0659 e. The van der Waals surface area contributed by atoms with Crippen LogP contribution < -0.4 is 5.73 Å². The largest absolute Gasteiger partial charge is 0.381 e. The van der Waals surface area contributed by atoms with Gasteiger partial charge in [-0.15, -0.1) is 0 Å². The fraction of sp³-hybridized carbons (Fsp3) is 0.647. The first-order valence-electron chi connectivity index (χ1n) is 7.48. The molecule has 1 aromatic carbocycles. The van der Waals surface area contributed by atoms with Crippen molar-refractivity contribution in [1.29, 1.82) is 0 Å². The average molecular weight is 277 g/mol. The Morgan fingerprint density at radius 1 is 1.30 bits per heavy atom. The zero-order valence-corrected chi connectivity index (χ0v) is 12.9. The molecule has 3 heteroatoms. The Labute approximate surface area is 122 Å². The summed E-state index contributed by atoms with van der Waals surface area (Å²) in [6.07, 6.45) is 1.11. The molecule has 2 N–H and O–H groups in total. The third kappa shape index (κ3) is 4.30. The first kappa shape index (κ1) is 15.5. The Balaban J connectivity index is 1.81. The molecule has 0 bridgehead atoms. The number of ether oxygens (including phenoxy) is 2. The van der Waals surface area contributed by atoms with Crippen molar-refractivity contribution in [2.75, 3.05) is 26.4 Å². The molecule has 2 rings (SSSR count). The van der Waals surface area contributed by atoms with Crippen LogP contribution in [0.1, 0.15) is 44.4 Å². The summed E-state index contributed by atoms with van der Waals surface area (Å²) in [5, 5.41) is 0. The quantitative estimate of drug-likeness (QED) is 0.899. The molecule has 1 saturated heterocycles. The van der Waals surface area contributed by atoms with Gasteiger partial charge in [-0.2, -0.15) is 0 Å². The zero-order valence-electron chi connectivity index (χ0n) is 12.9. The number of benzene rings is 1. The summed E-state index contributed by atoms with van der Waals surface area (Å²) in [5.74, 6) is 0.547. The molecule has 1 aliphatic rings. The molecule has 0 aliphatic carbocycles. The van der Waals surface area contributed by atoms with Crippen LogP contribution in [0, 0.1) is 5.92 Å². The van der Waals surface area contributed by atoms with Crippen LogP contribution in [0.4, 0.5) is 0 Å². The van der Waals surface area contributed by atoms with Crippen molar-refractivity contribution in [3.8, 4) is 0 Å². The van der Waals surface area contributed by atoms with E-state index in [1.54, 1.807) is 0 Å². The second-order valence-corrected chi connectivity index (χ2v) is 6.75. The molecule has 0 saturated carbocycles. The van der Waals surface area contributed by atoms with E-state index in [2.05, 4.69) is 45.0 Å². The molecule has 0 spiro atoms. The summed E-state index contributed by atoms with van der Waals surface area (Å²) < 4.78 is 11.1. The molecule has 1 heterocycles. The van der Waals surface area contributed by atoms with Gasteiger partial charge in [-0.3, -0.25) is 0 Å². The summed E-state index contributed by atoms with van der Waals surface area (Å²) >= 11 is 0. The zero-order chi connectivity index (χ0) is 14.6. The summed E-state index contributed by atoms with van der Waals surface area (Å²) in [6, 6.07) is 8.52. The maximum Gasteiger partial charge on any atom is 0.0659 e. The summed E-state index contributed by atoms with van der Waals surface area (Å²) in [7, 11) is 0. The normalized spacial score (nSPS) is 21.1. The van der Waals surface area contributed by atoms with Crippen molar-refractivity contribution in [2.24, 2.45) is 11.7 Å². The number of nitrogens with two attached hydrogens (primary N) is 1. The van der Waals surface area contributed by atoms with Gasteiger partial charge in [0.15, 0.2) is 0 Å². The fourth-order valence-corrected chi connectivity index (χ4v) is 2.40. The molecular formula is C17H27NO2. The van der Waals surface area contributed by atoms with Crippen LogP contribution in [0.25, 0.3) is 0 Å². The molecule has 2 atom stereocenters. The number of hydrogen-bond donors (Lipinski definition) is 1. The Morgan fingerprint density at radius 3 is 2.55 bits per heavy atom. The van der Waals surface area contributed by atoms with Crippen LogP contribution in [0.3, 0.4) is 0 Å². The van der Waals surface area contributed by atoms with Gasteiger partial charge < -0.3 is 15.2 Å². The highest BCUT2D eigenvalue weighted by Gasteiger charge is 2.17. The number of hydrogen-bond acceptors (Lipinski definition) is 3. The van der Waals surface area contributed by atoms with Crippen molar-refractivity contribution in [1.82, 2.24) is 0 Å². The van der Waals surface area contributed by atoms with E-state index in [1.165, 1.54) is 5.56 Å². The number of rotatable bonds is 5. The Morgan fingerprint density at radius 2 is 2.00 bits per heavy atom. The van der Waals surface area contributed by atoms with E-state index in [9.17, 15) is 0 Å². The predicted octanol–water partition coefficient (Wildman–Crippen LogP) is 3.04. The minimum Gasteiger partial charge on any atom is -0.381 e. The van der Waals surface area contributed by atoms with Gasteiger partial charge in [-0.05, 0) is 23.0 Å². The molecule has 1 fully saturated rings. The second-order valence-electron chi connectivity index (χ2n) is 6.75. The molecule has 1 aliphatic heterocycles. The molecule has 3 nitrogen and oxygen atoms in total. The van der Waals surface area contributed by atoms with E-state index in [-0.39, 0.29) is 11.5 Å². The van der Waals surface area contributed by atoms with Crippen molar-refractivity contribution in [2.45, 2.75) is 38.6 Å². The van der Waals surface area contributed by atoms with Gasteiger partial charge in [0.25, 0.3) is 0 Å². The molecule has 1 aromatic rings. The SMILES string of the molecule is CC(C)(C)c1ccc(C(N)COCC2CCOC2)cc1. The van der Waals surface area contributed by atoms with E-state index in [0.717, 1.165) is 31.8 Å². The van der Waals surface area contributed by atoms with Gasteiger partial charge in [-0.25, -0.2) is 0 Å². The Bertz CT molecular complexity index is 402. The van der Waals surface area contributed by atoms with E-state index in [4.69, 9.17) is 15.2 Å². The van der Waals surface area contributed by atoms with Crippen molar-refractivity contribution >= 4 is 0 Å². The van der Waals surface area contributed by atoms with Gasteiger partial charge in [0.1, 0.15) is 0 Å². The van der Waals surface area contributed by atoms with Crippen LogP contribution in [0.5, 0.6) is 0 Å². The van der Waals surface area contributed by atoms with Crippen molar-refractivity contribution < 1.29 is 9.47 Å². The van der Waals surface area contributed by atoms with Gasteiger partial charge in [0, 0.05) is 12.5 Å². The second kappa shape index (κ2) is 6.70. The van der Waals surface area contributed by atoms with E-state index in [0.29, 0.717) is 12.5 Å². The van der Waals surface area contributed by atoms with Crippen LogP contribution in [0.2, 0.25) is 0 Å². The fourth-order valence-electron chi connectivity index (χ4n) is 2.40. The predicted molar refractivity (Wildman–Crippen MR) is 81.8 cm³/mol. The van der Waals surface area contributed by atoms with Gasteiger partial charge in [0.2, 0.25) is 0 Å². The molecule has 20 heavy (non-hydrogen) atoms. The lowest BCUT2D eigenvalue weighted by molar-refractivity contribution is 0.0808. The first-order chi connectivity index (χ1) is 9.47. The third-order valence-electron chi connectivity index (χ3n) is 3.88.